The number of nitrogens with one attached hydrogen (secondary N) is 2. The van der Waals surface area contributed by atoms with Crippen molar-refractivity contribution in [3.8, 4) is 0 Å². The van der Waals surface area contributed by atoms with E-state index in [-0.39, 0.29) is 11.9 Å². The third-order valence-electron chi connectivity index (χ3n) is 4.86. The van der Waals surface area contributed by atoms with Crippen LogP contribution < -0.4 is 10.6 Å². The quantitative estimate of drug-likeness (QED) is 0.620. The first-order valence-electron chi connectivity index (χ1n) is 9.43. The average molecular weight is 361 g/mol. The van der Waals surface area contributed by atoms with E-state index < -0.39 is 0 Å². The van der Waals surface area contributed by atoms with E-state index >= 15 is 0 Å². The van der Waals surface area contributed by atoms with Crippen LogP contribution >= 0.6 is 0 Å². The van der Waals surface area contributed by atoms with E-state index in [1.54, 1.807) is 6.20 Å². The van der Waals surface area contributed by atoms with Crippen molar-refractivity contribution in [1.29, 1.82) is 0 Å². The van der Waals surface area contributed by atoms with Gasteiger partial charge in [0.15, 0.2) is 5.69 Å². The molecule has 0 saturated carbocycles. The van der Waals surface area contributed by atoms with Gasteiger partial charge in [-0.25, -0.2) is 4.68 Å². The molecule has 1 saturated heterocycles. The van der Waals surface area contributed by atoms with Crippen molar-refractivity contribution in [2.75, 3.05) is 32.7 Å². The highest BCUT2D eigenvalue weighted by Gasteiger charge is 2.23. The fourth-order valence-corrected chi connectivity index (χ4v) is 3.38. The molecule has 0 radical (unpaired) electrons. The Hall–Kier alpha value is -1.99. The first-order chi connectivity index (χ1) is 12.6. The third-order valence-corrected chi connectivity index (χ3v) is 4.86. The van der Waals surface area contributed by atoms with E-state index in [9.17, 15) is 4.79 Å². The summed E-state index contributed by atoms with van der Waals surface area (Å²) < 4.78 is 1.83. The summed E-state index contributed by atoms with van der Waals surface area (Å²) in [5.74, 6) is 0.216. The Kier molecular flexibility index (Phi) is 8.00. The monoisotopic (exact) mass is 360 g/mol. The topological polar surface area (TPSA) is 75.1 Å². The Morgan fingerprint density at radius 2 is 2.04 bits per heavy atom. The number of amides is 1. The number of piperidine rings is 1. The lowest BCUT2D eigenvalue weighted by molar-refractivity contribution is 0.0922. The molecule has 1 fully saturated rings. The smallest absolute Gasteiger partial charge is 0.273 e. The van der Waals surface area contributed by atoms with Gasteiger partial charge in [-0.05, 0) is 31.8 Å². The second kappa shape index (κ2) is 10.2. The van der Waals surface area contributed by atoms with Crippen molar-refractivity contribution in [2.45, 2.75) is 38.8 Å². The Morgan fingerprint density at radius 1 is 1.38 bits per heavy atom. The number of rotatable bonds is 10. The first-order valence-corrected chi connectivity index (χ1v) is 9.43. The molecule has 7 heteroatoms. The Morgan fingerprint density at radius 3 is 2.62 bits per heavy atom. The van der Waals surface area contributed by atoms with E-state index in [0.717, 1.165) is 39.0 Å². The largest absolute Gasteiger partial charge is 0.349 e. The van der Waals surface area contributed by atoms with Crippen LogP contribution in [0, 0.1) is 5.92 Å². The van der Waals surface area contributed by atoms with Gasteiger partial charge >= 0.3 is 0 Å². The molecule has 1 atom stereocenters. The molecule has 1 unspecified atom stereocenters. The highest BCUT2D eigenvalue weighted by molar-refractivity contribution is 5.91. The van der Waals surface area contributed by atoms with E-state index in [0.29, 0.717) is 24.2 Å². The fraction of sp³-hybridized carbons (Fsp3) is 0.632. The van der Waals surface area contributed by atoms with E-state index in [1.165, 1.54) is 0 Å². The Bertz CT molecular complexity index is 581. The van der Waals surface area contributed by atoms with Crippen molar-refractivity contribution in [1.82, 2.24) is 30.5 Å². The molecule has 0 spiro atoms. The second-order valence-corrected chi connectivity index (χ2v) is 7.12. The molecule has 1 aromatic rings. The molecule has 0 aliphatic carbocycles. The summed E-state index contributed by atoms with van der Waals surface area (Å²) in [6.07, 6.45) is 7.55. The van der Waals surface area contributed by atoms with Gasteiger partial charge in [-0.1, -0.05) is 31.2 Å². The zero-order valence-corrected chi connectivity index (χ0v) is 16.0. The summed E-state index contributed by atoms with van der Waals surface area (Å²) in [5, 5.41) is 14.6. The van der Waals surface area contributed by atoms with Crippen LogP contribution in [0.3, 0.4) is 0 Å². The first kappa shape index (κ1) is 20.3. The van der Waals surface area contributed by atoms with Gasteiger partial charge in [0.05, 0.1) is 12.2 Å². The van der Waals surface area contributed by atoms with Crippen molar-refractivity contribution in [3.63, 3.8) is 0 Å². The van der Waals surface area contributed by atoms with Gasteiger partial charge in [0, 0.05) is 25.7 Å². The number of carbonyl (C=O) groups is 1. The fourth-order valence-electron chi connectivity index (χ4n) is 3.38. The summed E-state index contributed by atoms with van der Waals surface area (Å²) in [6, 6.07) is 0.527. The molecule has 2 N–H and O–H groups in total. The maximum atomic E-state index is 12.5. The zero-order chi connectivity index (χ0) is 18.9. The lowest BCUT2D eigenvalue weighted by Gasteiger charge is -2.33. The van der Waals surface area contributed by atoms with Crippen LogP contribution in [0.2, 0.25) is 0 Å². The minimum atomic E-state index is -0.173. The molecule has 2 rings (SSSR count). The van der Waals surface area contributed by atoms with Gasteiger partial charge in [0.2, 0.25) is 0 Å². The summed E-state index contributed by atoms with van der Waals surface area (Å²) in [4.78, 5) is 14.8. The summed E-state index contributed by atoms with van der Waals surface area (Å²) in [7, 11) is 0. The van der Waals surface area contributed by atoms with Gasteiger partial charge in [-0.2, -0.15) is 0 Å². The molecule has 26 heavy (non-hydrogen) atoms. The van der Waals surface area contributed by atoms with Gasteiger partial charge < -0.3 is 10.6 Å². The van der Waals surface area contributed by atoms with E-state index in [2.05, 4.69) is 52.9 Å². The van der Waals surface area contributed by atoms with Crippen LogP contribution in [-0.2, 0) is 0 Å². The molecule has 7 nitrogen and oxygen atoms in total. The standard InChI is InChI=1S/C19H32N6O/c1-5-11-24(12-6-2)18(15(3)4)13-21-19(26)17-14-25(23-22-17)16-7-9-20-10-8-16/h5-6,14-16,18,20H,1-2,7-13H2,3-4H3,(H,21,26). The summed E-state index contributed by atoms with van der Waals surface area (Å²) >= 11 is 0. The molecule has 0 bridgehead atoms. The molecule has 1 aliphatic rings. The lowest BCUT2D eigenvalue weighted by Crippen LogP contribution is -2.47. The maximum absolute atomic E-state index is 12.5. The van der Waals surface area contributed by atoms with Crippen molar-refractivity contribution in [3.05, 3.63) is 37.2 Å². The number of nitrogens with zero attached hydrogens (tertiary/aromatic N) is 4. The van der Waals surface area contributed by atoms with E-state index in [4.69, 9.17) is 0 Å². The van der Waals surface area contributed by atoms with Crippen LogP contribution in [0.1, 0.15) is 43.2 Å². The predicted molar refractivity (Wildman–Crippen MR) is 104 cm³/mol. The van der Waals surface area contributed by atoms with Gasteiger partial charge in [-0.3, -0.25) is 9.69 Å². The van der Waals surface area contributed by atoms with Crippen LogP contribution in [0.4, 0.5) is 0 Å². The Balaban J connectivity index is 1.95. The molecule has 1 amide bonds. The highest BCUT2D eigenvalue weighted by atomic mass is 16.2. The van der Waals surface area contributed by atoms with E-state index in [1.807, 2.05) is 16.8 Å². The van der Waals surface area contributed by atoms with Crippen molar-refractivity contribution >= 4 is 5.91 Å². The van der Waals surface area contributed by atoms with Crippen LogP contribution in [0.5, 0.6) is 0 Å². The summed E-state index contributed by atoms with van der Waals surface area (Å²) in [6.45, 7) is 16.0. The van der Waals surface area contributed by atoms with Crippen LogP contribution in [-0.4, -0.2) is 64.6 Å². The zero-order valence-electron chi connectivity index (χ0n) is 16.0. The minimum absolute atomic E-state index is 0.173. The number of hydrogen-bond donors (Lipinski definition) is 2. The minimum Gasteiger partial charge on any atom is -0.349 e. The predicted octanol–water partition coefficient (Wildman–Crippen LogP) is 1.63. The number of aromatic nitrogens is 3. The number of hydrogen-bond acceptors (Lipinski definition) is 5. The average Bonchev–Trinajstić information content (AvgIpc) is 3.13. The third kappa shape index (κ3) is 5.51. The highest BCUT2D eigenvalue weighted by Crippen LogP contribution is 2.17. The van der Waals surface area contributed by atoms with Crippen LogP contribution in [0.15, 0.2) is 31.5 Å². The van der Waals surface area contributed by atoms with Gasteiger partial charge in [0.1, 0.15) is 0 Å². The second-order valence-electron chi connectivity index (χ2n) is 7.12. The molecular weight excluding hydrogens is 328 g/mol. The van der Waals surface area contributed by atoms with Crippen molar-refractivity contribution < 1.29 is 4.79 Å². The van der Waals surface area contributed by atoms with Gasteiger partial charge in [-0.15, -0.1) is 18.3 Å². The maximum Gasteiger partial charge on any atom is 0.273 e. The number of carbonyl (C=O) groups excluding carboxylic acids is 1. The molecule has 0 aromatic carbocycles. The Labute approximate surface area is 156 Å². The van der Waals surface area contributed by atoms with Crippen LogP contribution in [0.25, 0.3) is 0 Å². The molecular formula is C19H32N6O. The molecule has 1 aliphatic heterocycles. The van der Waals surface area contributed by atoms with Gasteiger partial charge in [0.25, 0.3) is 5.91 Å². The summed E-state index contributed by atoms with van der Waals surface area (Å²) in [5.41, 5.74) is 0.380. The van der Waals surface area contributed by atoms with Crippen molar-refractivity contribution in [2.24, 2.45) is 5.92 Å². The normalized spacial score (nSPS) is 16.6. The lowest BCUT2D eigenvalue weighted by atomic mass is 10.0. The molecule has 1 aromatic heterocycles. The SMILES string of the molecule is C=CCN(CC=C)C(CNC(=O)c1cn(C2CCNCC2)nn1)C(C)C. The molecule has 144 valence electrons. The molecule has 2 heterocycles.